The van der Waals surface area contributed by atoms with Gasteiger partial charge in [-0.05, 0) is 37.8 Å². The number of aliphatic carboxylic acids is 1. The van der Waals surface area contributed by atoms with Gasteiger partial charge in [0.25, 0.3) is 0 Å². The first-order chi connectivity index (χ1) is 10.1. The fourth-order valence-electron chi connectivity index (χ4n) is 3.17. The highest BCUT2D eigenvalue weighted by atomic mass is 16.4. The van der Waals surface area contributed by atoms with E-state index in [1.165, 1.54) is 44.1 Å². The van der Waals surface area contributed by atoms with Crippen LogP contribution in [0.3, 0.4) is 0 Å². The number of aryl methyl sites for hydroxylation is 1. The molecule has 0 atom stereocenters. The number of carboxylic acid groups (broad SMARTS) is 1. The van der Waals surface area contributed by atoms with Gasteiger partial charge in [0, 0.05) is 18.8 Å². The molecule has 0 aromatic heterocycles. The van der Waals surface area contributed by atoms with E-state index in [1.54, 1.807) is 0 Å². The molecule has 0 radical (unpaired) electrons. The highest BCUT2D eigenvalue weighted by Crippen LogP contribution is 2.26. The molecule has 1 aromatic rings. The Morgan fingerprint density at radius 2 is 1.76 bits per heavy atom. The van der Waals surface area contributed by atoms with Crippen LogP contribution >= 0.6 is 0 Å². The lowest BCUT2D eigenvalue weighted by atomic mass is 9.99. The molecule has 21 heavy (non-hydrogen) atoms. The van der Waals surface area contributed by atoms with Gasteiger partial charge in [0.2, 0.25) is 0 Å². The van der Waals surface area contributed by atoms with Crippen LogP contribution in [-0.4, -0.2) is 24.2 Å². The molecule has 116 valence electrons. The second kappa shape index (κ2) is 8.06. The summed E-state index contributed by atoms with van der Waals surface area (Å²) >= 11 is 0. The summed E-state index contributed by atoms with van der Waals surface area (Å²) in [5, 5.41) is 8.98. The average Bonchev–Trinajstić information content (AvgIpc) is 2.73. The number of carbonyl (C=O) groups is 1. The Morgan fingerprint density at radius 1 is 1.14 bits per heavy atom. The van der Waals surface area contributed by atoms with E-state index in [0.29, 0.717) is 12.5 Å². The molecule has 0 amide bonds. The van der Waals surface area contributed by atoms with E-state index in [4.69, 9.17) is 5.11 Å². The summed E-state index contributed by atoms with van der Waals surface area (Å²) in [6.07, 6.45) is 8.15. The van der Waals surface area contributed by atoms with Gasteiger partial charge in [0.1, 0.15) is 0 Å². The Kier molecular flexibility index (Phi) is 6.09. The maximum atomic E-state index is 10.9. The number of carboxylic acids is 1. The molecule has 1 saturated carbocycles. The summed E-state index contributed by atoms with van der Waals surface area (Å²) in [4.78, 5) is 13.2. The molecule has 0 aliphatic heterocycles. The predicted molar refractivity (Wildman–Crippen MR) is 86.8 cm³/mol. The van der Waals surface area contributed by atoms with Gasteiger partial charge in [-0.1, -0.05) is 43.4 Å². The molecule has 0 spiro atoms. The van der Waals surface area contributed by atoms with Crippen molar-refractivity contribution in [1.29, 1.82) is 0 Å². The number of rotatable bonds is 6. The van der Waals surface area contributed by atoms with Crippen LogP contribution in [0.25, 0.3) is 0 Å². The fourth-order valence-corrected chi connectivity index (χ4v) is 3.17. The lowest BCUT2D eigenvalue weighted by Gasteiger charge is -2.29. The Bertz CT molecular complexity index is 433. The van der Waals surface area contributed by atoms with Crippen molar-refractivity contribution in [3.8, 4) is 0 Å². The quantitative estimate of drug-likeness (QED) is 0.796. The molecule has 1 fully saturated rings. The molecular formula is C18H27NO2. The second-order valence-electron chi connectivity index (χ2n) is 6.28. The molecule has 1 aromatic carbocycles. The average molecular weight is 289 g/mol. The minimum Gasteiger partial charge on any atom is -0.481 e. The van der Waals surface area contributed by atoms with Crippen LogP contribution < -0.4 is 4.90 Å². The molecule has 1 aliphatic carbocycles. The largest absolute Gasteiger partial charge is 0.481 e. The van der Waals surface area contributed by atoms with E-state index in [0.717, 1.165) is 12.2 Å². The van der Waals surface area contributed by atoms with E-state index >= 15 is 0 Å². The Morgan fingerprint density at radius 3 is 2.33 bits per heavy atom. The smallest absolute Gasteiger partial charge is 0.305 e. The zero-order valence-corrected chi connectivity index (χ0v) is 13.1. The third kappa shape index (κ3) is 5.41. The first-order valence-electron chi connectivity index (χ1n) is 8.18. The molecular weight excluding hydrogens is 262 g/mol. The highest BCUT2D eigenvalue weighted by molar-refractivity contribution is 5.67. The molecule has 0 saturated heterocycles. The lowest BCUT2D eigenvalue weighted by molar-refractivity contribution is -0.136. The van der Waals surface area contributed by atoms with Gasteiger partial charge in [-0.25, -0.2) is 0 Å². The molecule has 1 N–H and O–H groups in total. The summed E-state index contributed by atoms with van der Waals surface area (Å²) in [7, 11) is 0. The van der Waals surface area contributed by atoms with Gasteiger partial charge in [-0.15, -0.1) is 0 Å². The minimum absolute atomic E-state index is 0.209. The van der Waals surface area contributed by atoms with Crippen LogP contribution in [0, 0.1) is 12.8 Å². The molecule has 3 heteroatoms. The second-order valence-corrected chi connectivity index (χ2v) is 6.28. The van der Waals surface area contributed by atoms with Gasteiger partial charge < -0.3 is 10.0 Å². The number of hydrogen-bond donors (Lipinski definition) is 1. The van der Waals surface area contributed by atoms with Gasteiger partial charge in [0.15, 0.2) is 0 Å². The summed E-state index contributed by atoms with van der Waals surface area (Å²) < 4.78 is 0. The zero-order valence-electron chi connectivity index (χ0n) is 13.1. The number of anilines is 1. The summed E-state index contributed by atoms with van der Waals surface area (Å²) in [5.41, 5.74) is 2.40. The van der Waals surface area contributed by atoms with Crippen molar-refractivity contribution < 1.29 is 9.90 Å². The van der Waals surface area contributed by atoms with Crippen molar-refractivity contribution >= 4 is 11.7 Å². The Hall–Kier alpha value is -1.51. The molecule has 0 bridgehead atoms. The Labute approximate surface area is 128 Å². The van der Waals surface area contributed by atoms with Crippen LogP contribution in [0.2, 0.25) is 0 Å². The van der Waals surface area contributed by atoms with Gasteiger partial charge in [-0.2, -0.15) is 0 Å². The van der Waals surface area contributed by atoms with Crippen molar-refractivity contribution in [3.05, 3.63) is 29.8 Å². The fraction of sp³-hybridized carbons (Fsp3) is 0.611. The number of nitrogens with zero attached hydrogens (tertiary/aromatic N) is 1. The minimum atomic E-state index is -0.715. The van der Waals surface area contributed by atoms with E-state index in [2.05, 4.69) is 36.1 Å². The van der Waals surface area contributed by atoms with Crippen LogP contribution in [0.5, 0.6) is 0 Å². The van der Waals surface area contributed by atoms with Crippen LogP contribution in [0.1, 0.15) is 50.5 Å². The normalized spacial score (nSPS) is 16.4. The van der Waals surface area contributed by atoms with Crippen LogP contribution in [0.4, 0.5) is 5.69 Å². The molecule has 2 rings (SSSR count). The van der Waals surface area contributed by atoms with E-state index in [-0.39, 0.29) is 6.42 Å². The van der Waals surface area contributed by atoms with Gasteiger partial charge in [-0.3, -0.25) is 4.79 Å². The summed E-state index contributed by atoms with van der Waals surface area (Å²) in [6.45, 7) is 3.68. The maximum absolute atomic E-state index is 10.9. The van der Waals surface area contributed by atoms with Crippen molar-refractivity contribution in [2.45, 2.75) is 51.9 Å². The van der Waals surface area contributed by atoms with Crippen molar-refractivity contribution in [2.75, 3.05) is 18.0 Å². The van der Waals surface area contributed by atoms with E-state index in [1.807, 2.05) is 0 Å². The number of benzene rings is 1. The highest BCUT2D eigenvalue weighted by Gasteiger charge is 2.17. The van der Waals surface area contributed by atoms with Crippen LogP contribution in [-0.2, 0) is 4.79 Å². The first-order valence-corrected chi connectivity index (χ1v) is 8.18. The lowest BCUT2D eigenvalue weighted by Crippen LogP contribution is -2.31. The van der Waals surface area contributed by atoms with E-state index < -0.39 is 5.97 Å². The summed E-state index contributed by atoms with van der Waals surface area (Å²) in [5.74, 6) is -0.00410. The first kappa shape index (κ1) is 15.9. The van der Waals surface area contributed by atoms with Crippen molar-refractivity contribution in [3.63, 3.8) is 0 Å². The molecule has 3 nitrogen and oxygen atoms in total. The Balaban J connectivity index is 2.03. The third-order valence-corrected chi connectivity index (χ3v) is 4.45. The van der Waals surface area contributed by atoms with Gasteiger partial charge >= 0.3 is 5.97 Å². The summed E-state index contributed by atoms with van der Waals surface area (Å²) in [6, 6.07) is 8.45. The monoisotopic (exact) mass is 289 g/mol. The predicted octanol–water partition coefficient (Wildman–Crippen LogP) is 4.25. The zero-order chi connectivity index (χ0) is 15.1. The van der Waals surface area contributed by atoms with Crippen LogP contribution in [0.15, 0.2) is 24.3 Å². The van der Waals surface area contributed by atoms with E-state index in [9.17, 15) is 4.79 Å². The standard InChI is InChI=1S/C18H27NO2/c1-15-8-10-17(11-9-15)19(13-12-18(20)21)14-16-6-4-2-3-5-7-16/h8-11,16H,2-7,12-14H2,1H3,(H,20,21). The topological polar surface area (TPSA) is 40.5 Å². The maximum Gasteiger partial charge on any atom is 0.305 e. The van der Waals surface area contributed by atoms with Crippen molar-refractivity contribution in [1.82, 2.24) is 0 Å². The molecule has 1 aliphatic rings. The SMILES string of the molecule is Cc1ccc(N(CCC(=O)O)CC2CCCCCC2)cc1. The van der Waals surface area contributed by atoms with Crippen molar-refractivity contribution in [2.24, 2.45) is 5.92 Å². The van der Waals surface area contributed by atoms with Gasteiger partial charge in [0.05, 0.1) is 6.42 Å². The third-order valence-electron chi connectivity index (χ3n) is 4.45. The number of hydrogen-bond acceptors (Lipinski definition) is 2. The molecule has 0 heterocycles. The molecule has 0 unspecified atom stereocenters.